The fourth-order valence-electron chi connectivity index (χ4n) is 3.03. The zero-order chi connectivity index (χ0) is 18.4. The Balaban J connectivity index is 2.21. The quantitative estimate of drug-likeness (QED) is 0.567. The molecule has 25 heavy (non-hydrogen) atoms. The summed E-state index contributed by atoms with van der Waals surface area (Å²) in [6.07, 6.45) is 5.85. The fraction of sp³-hybridized carbons (Fsp3) is 0.474. The molecule has 1 amide bonds. The van der Waals surface area contributed by atoms with Gasteiger partial charge in [-0.05, 0) is 65.4 Å². The summed E-state index contributed by atoms with van der Waals surface area (Å²) in [6.45, 7) is 4.35. The van der Waals surface area contributed by atoms with E-state index < -0.39 is 0 Å². The van der Waals surface area contributed by atoms with Gasteiger partial charge in [0.05, 0.1) is 11.1 Å². The second-order valence-corrected chi connectivity index (χ2v) is 7.15. The van der Waals surface area contributed by atoms with Crippen molar-refractivity contribution in [3.05, 3.63) is 27.7 Å². The first-order valence-electron chi connectivity index (χ1n) is 8.54. The van der Waals surface area contributed by atoms with Crippen molar-refractivity contribution in [2.24, 2.45) is 5.92 Å². The number of nitrogens with one attached hydrogen (secondary N) is 1. The van der Waals surface area contributed by atoms with Gasteiger partial charge in [0.25, 0.3) is 5.91 Å². The van der Waals surface area contributed by atoms with Gasteiger partial charge in [-0.3, -0.25) is 4.79 Å². The van der Waals surface area contributed by atoms with Crippen LogP contribution in [0.3, 0.4) is 0 Å². The number of carbonyl (C=O) groups excluding carboxylic acids is 1. The first-order chi connectivity index (χ1) is 12.0. The Labute approximate surface area is 156 Å². The molecule has 134 valence electrons. The smallest absolute Gasteiger partial charge is 0.262 e. The molecule has 0 aromatic heterocycles. The van der Waals surface area contributed by atoms with Gasteiger partial charge in [-0.2, -0.15) is 5.26 Å². The molecule has 0 heterocycles. The van der Waals surface area contributed by atoms with Crippen molar-refractivity contribution in [2.45, 2.75) is 45.6 Å². The van der Waals surface area contributed by atoms with Crippen molar-refractivity contribution in [1.29, 1.82) is 5.26 Å². The first kappa shape index (κ1) is 19.3. The van der Waals surface area contributed by atoms with Gasteiger partial charge < -0.3 is 15.2 Å². The van der Waals surface area contributed by atoms with Gasteiger partial charge in [-0.1, -0.05) is 19.8 Å². The van der Waals surface area contributed by atoms with Crippen LogP contribution in [-0.4, -0.2) is 23.7 Å². The van der Waals surface area contributed by atoms with Crippen LogP contribution in [0.5, 0.6) is 11.5 Å². The highest BCUT2D eigenvalue weighted by atomic mass is 79.9. The molecule has 0 aliphatic heterocycles. The second-order valence-electron chi connectivity index (χ2n) is 6.29. The molecule has 0 unspecified atom stereocenters. The Bertz CT molecular complexity index is 709. The summed E-state index contributed by atoms with van der Waals surface area (Å²) in [6, 6.07) is 5.34. The van der Waals surface area contributed by atoms with Crippen LogP contribution in [-0.2, 0) is 4.79 Å². The molecular formula is C19H23BrN2O3. The minimum Gasteiger partial charge on any atom is -0.503 e. The maximum atomic E-state index is 12.5. The summed E-state index contributed by atoms with van der Waals surface area (Å²) < 4.78 is 5.82. The molecule has 5 nitrogen and oxygen atoms in total. The van der Waals surface area contributed by atoms with Crippen LogP contribution in [0, 0.1) is 17.2 Å². The van der Waals surface area contributed by atoms with Crippen LogP contribution in [0.25, 0.3) is 6.08 Å². The van der Waals surface area contributed by atoms with Crippen molar-refractivity contribution in [3.63, 3.8) is 0 Å². The number of phenolic OH excluding ortho intramolecular Hbond substituents is 1. The van der Waals surface area contributed by atoms with Gasteiger partial charge in [-0.15, -0.1) is 0 Å². The Hall–Kier alpha value is -2.00. The van der Waals surface area contributed by atoms with E-state index in [0.717, 1.165) is 19.3 Å². The molecule has 0 spiro atoms. The van der Waals surface area contributed by atoms with E-state index in [1.807, 2.05) is 13.0 Å². The maximum absolute atomic E-state index is 12.5. The zero-order valence-corrected chi connectivity index (χ0v) is 16.1. The van der Waals surface area contributed by atoms with Crippen molar-refractivity contribution >= 4 is 27.9 Å². The van der Waals surface area contributed by atoms with E-state index in [9.17, 15) is 15.2 Å². The van der Waals surface area contributed by atoms with Crippen molar-refractivity contribution in [2.75, 3.05) is 6.61 Å². The monoisotopic (exact) mass is 406 g/mol. The summed E-state index contributed by atoms with van der Waals surface area (Å²) in [5.74, 6) is 0.369. The number of amides is 1. The molecule has 2 rings (SSSR count). The van der Waals surface area contributed by atoms with Crippen molar-refractivity contribution < 1.29 is 14.6 Å². The molecule has 0 radical (unpaired) electrons. The number of hydrogen-bond donors (Lipinski definition) is 2. The fourth-order valence-corrected chi connectivity index (χ4v) is 3.49. The average molecular weight is 407 g/mol. The Morgan fingerprint density at radius 2 is 2.20 bits per heavy atom. The summed E-state index contributed by atoms with van der Waals surface area (Å²) in [5, 5.41) is 22.3. The second kappa shape index (κ2) is 8.91. The molecule has 2 N–H and O–H groups in total. The van der Waals surface area contributed by atoms with Crippen molar-refractivity contribution in [3.8, 4) is 17.6 Å². The van der Waals surface area contributed by atoms with E-state index >= 15 is 0 Å². The molecular weight excluding hydrogens is 384 g/mol. The topological polar surface area (TPSA) is 82.3 Å². The number of nitriles is 1. The van der Waals surface area contributed by atoms with E-state index in [-0.39, 0.29) is 23.3 Å². The van der Waals surface area contributed by atoms with E-state index in [1.165, 1.54) is 12.5 Å². The van der Waals surface area contributed by atoms with Gasteiger partial charge in [0.1, 0.15) is 11.6 Å². The van der Waals surface area contributed by atoms with Gasteiger partial charge in [0.2, 0.25) is 0 Å². The number of aromatic hydroxyl groups is 1. The van der Waals surface area contributed by atoms with Gasteiger partial charge in [0, 0.05) is 6.04 Å². The summed E-state index contributed by atoms with van der Waals surface area (Å²) in [4.78, 5) is 12.5. The van der Waals surface area contributed by atoms with Gasteiger partial charge in [-0.25, -0.2) is 0 Å². The lowest BCUT2D eigenvalue weighted by atomic mass is 9.86. The minimum atomic E-state index is -0.358. The molecule has 1 saturated carbocycles. The molecule has 1 aliphatic rings. The lowest BCUT2D eigenvalue weighted by Crippen LogP contribution is -2.41. The Morgan fingerprint density at radius 1 is 1.48 bits per heavy atom. The number of benzene rings is 1. The third-order valence-corrected chi connectivity index (χ3v) is 5.06. The number of ether oxygens (including phenoxy) is 1. The third-order valence-electron chi connectivity index (χ3n) is 4.45. The highest BCUT2D eigenvalue weighted by Gasteiger charge is 2.24. The molecule has 1 aromatic rings. The van der Waals surface area contributed by atoms with Crippen LogP contribution in [0.15, 0.2) is 22.2 Å². The van der Waals surface area contributed by atoms with E-state index in [4.69, 9.17) is 4.74 Å². The molecule has 1 aromatic carbocycles. The lowest BCUT2D eigenvalue weighted by Gasteiger charge is -2.29. The SMILES string of the molecule is CCOc1cc(/C=C(\C#N)C(=O)N[C@@H]2CCCC[C@@H]2C)cc(Br)c1O. The summed E-state index contributed by atoms with van der Waals surface area (Å²) >= 11 is 3.26. The van der Waals surface area contributed by atoms with Crippen LogP contribution in [0.1, 0.15) is 45.1 Å². The predicted octanol–water partition coefficient (Wildman–Crippen LogP) is 4.16. The highest BCUT2D eigenvalue weighted by molar-refractivity contribution is 9.10. The van der Waals surface area contributed by atoms with Crippen LogP contribution in [0.4, 0.5) is 0 Å². The zero-order valence-electron chi connectivity index (χ0n) is 14.5. The number of halogens is 1. The molecule has 1 aliphatic carbocycles. The minimum absolute atomic E-state index is 0.00186. The summed E-state index contributed by atoms with van der Waals surface area (Å²) in [5.41, 5.74) is 0.648. The highest BCUT2D eigenvalue weighted by Crippen LogP contribution is 2.36. The molecule has 2 atom stereocenters. The van der Waals surface area contributed by atoms with E-state index in [1.54, 1.807) is 12.1 Å². The largest absolute Gasteiger partial charge is 0.503 e. The normalized spacial score (nSPS) is 20.6. The summed E-state index contributed by atoms with van der Waals surface area (Å²) in [7, 11) is 0. The first-order valence-corrected chi connectivity index (χ1v) is 9.33. The molecule has 1 fully saturated rings. The van der Waals surface area contributed by atoms with E-state index in [0.29, 0.717) is 28.3 Å². The Kier molecular flexibility index (Phi) is 6.89. The number of nitrogens with zero attached hydrogens (tertiary/aromatic N) is 1. The van der Waals surface area contributed by atoms with Crippen LogP contribution < -0.4 is 10.1 Å². The third kappa shape index (κ3) is 4.99. The average Bonchev–Trinajstić information content (AvgIpc) is 2.59. The lowest BCUT2D eigenvalue weighted by molar-refractivity contribution is -0.118. The standard InChI is InChI=1S/C19H23BrN2O3/c1-3-25-17-10-13(9-15(20)18(17)23)8-14(11-21)19(24)22-16-7-5-4-6-12(16)2/h8-10,12,16,23H,3-7H2,1-2H3,(H,22,24)/b14-8+/t12-,16+/m0/s1. The number of rotatable bonds is 5. The van der Waals surface area contributed by atoms with Crippen LogP contribution >= 0.6 is 15.9 Å². The number of hydrogen-bond acceptors (Lipinski definition) is 4. The van der Waals surface area contributed by atoms with Gasteiger partial charge >= 0.3 is 0 Å². The molecule has 0 saturated heterocycles. The Morgan fingerprint density at radius 3 is 2.84 bits per heavy atom. The van der Waals surface area contributed by atoms with Gasteiger partial charge in [0.15, 0.2) is 11.5 Å². The maximum Gasteiger partial charge on any atom is 0.262 e. The van der Waals surface area contributed by atoms with Crippen molar-refractivity contribution in [1.82, 2.24) is 5.32 Å². The number of phenols is 1. The predicted molar refractivity (Wildman–Crippen MR) is 100 cm³/mol. The molecule has 0 bridgehead atoms. The van der Waals surface area contributed by atoms with Crippen LogP contribution in [0.2, 0.25) is 0 Å². The van der Waals surface area contributed by atoms with E-state index in [2.05, 4.69) is 28.2 Å². The number of carbonyl (C=O) groups is 1. The molecule has 6 heteroatoms.